The van der Waals surface area contributed by atoms with E-state index in [1.807, 2.05) is 0 Å². The molecule has 0 radical (unpaired) electrons. The Hall–Kier alpha value is -1.59. The molecule has 0 spiro atoms. The summed E-state index contributed by atoms with van der Waals surface area (Å²) < 4.78 is 49.4. The zero-order valence-corrected chi connectivity index (χ0v) is 24.8. The number of hydrogen-bond donors (Lipinski definition) is 1. The van der Waals surface area contributed by atoms with E-state index in [0.29, 0.717) is 125 Å². The van der Waals surface area contributed by atoms with Crippen molar-refractivity contribution in [1.82, 2.24) is 4.90 Å². The van der Waals surface area contributed by atoms with Gasteiger partial charge < -0.3 is 47.7 Å². The molecule has 14 nitrogen and oxygen atoms in total. The van der Waals surface area contributed by atoms with E-state index in [1.165, 1.54) is 0 Å². The molecule has 0 unspecified atom stereocenters. The number of hydrogen-bond acceptors (Lipinski definition) is 13. The van der Waals surface area contributed by atoms with Crippen molar-refractivity contribution in [1.29, 1.82) is 0 Å². The minimum absolute atomic E-state index is 0.00792. The van der Waals surface area contributed by atoms with Gasteiger partial charge in [-0.3, -0.25) is 19.7 Å². The molecule has 0 aromatic heterocycles. The summed E-state index contributed by atoms with van der Waals surface area (Å²) >= 11 is 0. The van der Waals surface area contributed by atoms with Crippen LogP contribution in [0.1, 0.15) is 6.42 Å². The van der Waals surface area contributed by atoms with Crippen molar-refractivity contribution in [2.45, 2.75) is 6.42 Å². The predicted molar refractivity (Wildman–Crippen MR) is 155 cm³/mol. The van der Waals surface area contributed by atoms with Gasteiger partial charge in [0.15, 0.2) is 0 Å². The van der Waals surface area contributed by atoms with Crippen LogP contribution in [0, 0.1) is 0 Å². The molecule has 41 heavy (non-hydrogen) atoms. The van der Waals surface area contributed by atoms with Gasteiger partial charge in [-0.15, -0.1) is 0 Å². The Morgan fingerprint density at radius 3 is 1.02 bits per heavy atom. The Morgan fingerprint density at radius 1 is 0.463 bits per heavy atom. The molecule has 0 atom stereocenters. The lowest BCUT2D eigenvalue weighted by Crippen LogP contribution is -2.34. The number of aliphatic carboxylic acids is 1. The van der Waals surface area contributed by atoms with Crippen molar-refractivity contribution < 1.29 is 52.5 Å². The third kappa shape index (κ3) is 34.5. The molecule has 0 aliphatic heterocycles. The van der Waals surface area contributed by atoms with E-state index in [-0.39, 0.29) is 13.0 Å². The van der Waals surface area contributed by atoms with Crippen LogP contribution in [0.3, 0.4) is 0 Å². The average molecular weight is 596 g/mol. The maximum absolute atomic E-state index is 10.4. The van der Waals surface area contributed by atoms with Gasteiger partial charge in [0.25, 0.3) is 0 Å². The maximum atomic E-state index is 10.4. The van der Waals surface area contributed by atoms with Gasteiger partial charge >= 0.3 is 5.97 Å². The molecule has 0 rings (SSSR count). The fourth-order valence-electron chi connectivity index (χ4n) is 2.96. The largest absolute Gasteiger partial charge is 0.481 e. The van der Waals surface area contributed by atoms with E-state index < -0.39 is 5.97 Å². The molecule has 1 N–H and O–H groups in total. The molecule has 0 fully saturated rings. The summed E-state index contributed by atoms with van der Waals surface area (Å²) in [5.41, 5.74) is 0. The number of ether oxygens (including phenoxy) is 9. The first-order valence-electron chi connectivity index (χ1n) is 14.2. The Kier molecular flexibility index (Phi) is 33.3. The van der Waals surface area contributed by atoms with E-state index in [1.54, 1.807) is 0 Å². The minimum atomic E-state index is -0.876. The molecule has 0 aliphatic rings. The van der Waals surface area contributed by atoms with E-state index in [2.05, 4.69) is 28.3 Å². The number of carboxylic acid groups (broad SMARTS) is 1. The molecule has 0 aromatic rings. The van der Waals surface area contributed by atoms with E-state index in [4.69, 9.17) is 47.7 Å². The van der Waals surface area contributed by atoms with Crippen molar-refractivity contribution in [3.05, 3.63) is 0 Å². The van der Waals surface area contributed by atoms with Crippen LogP contribution < -0.4 is 0 Å². The SMILES string of the molecule is C=NCCOCCOCCOCCN(CCOCCOCCOCCN=C)CCOCCOCCOCCC(=O)O. The summed E-state index contributed by atoms with van der Waals surface area (Å²) in [5, 5.41) is 8.56. The molecule has 0 heterocycles. The highest BCUT2D eigenvalue weighted by atomic mass is 16.6. The van der Waals surface area contributed by atoms with E-state index >= 15 is 0 Å². The molecule has 0 aromatic carbocycles. The van der Waals surface area contributed by atoms with Crippen LogP contribution in [0.25, 0.3) is 0 Å². The summed E-state index contributed by atoms with van der Waals surface area (Å²) in [5.74, 6) is -0.876. The number of aliphatic imine (C=N–C) groups is 2. The fourth-order valence-corrected chi connectivity index (χ4v) is 2.96. The first-order valence-corrected chi connectivity index (χ1v) is 14.2. The lowest BCUT2D eigenvalue weighted by Gasteiger charge is -2.22. The molecule has 242 valence electrons. The van der Waals surface area contributed by atoms with Gasteiger partial charge in [-0.25, -0.2) is 0 Å². The molecule has 0 saturated carbocycles. The highest BCUT2D eigenvalue weighted by Crippen LogP contribution is 1.93. The number of nitrogens with zero attached hydrogens (tertiary/aromatic N) is 3. The van der Waals surface area contributed by atoms with Crippen LogP contribution in [0.5, 0.6) is 0 Å². The van der Waals surface area contributed by atoms with Crippen molar-refractivity contribution in [3.63, 3.8) is 0 Å². The smallest absolute Gasteiger partial charge is 0.305 e. The highest BCUT2D eigenvalue weighted by Gasteiger charge is 2.06. The predicted octanol–water partition coefficient (Wildman–Crippen LogP) is 0.314. The second kappa shape index (κ2) is 34.6. The van der Waals surface area contributed by atoms with E-state index in [9.17, 15) is 4.79 Å². The number of carboxylic acids is 1. The standard InChI is InChI=1S/C27H53N3O11/c1-28-4-10-34-16-22-40-25-19-37-13-7-30(8-14-38-20-26-41-23-17-35-11-5-29-2)6-12-36-18-24-39-21-15-33-9-3-27(31)32/h1-26H2,(H,31,32). The molecule has 0 aliphatic carbocycles. The van der Waals surface area contributed by atoms with Crippen molar-refractivity contribution >= 4 is 19.4 Å². The van der Waals surface area contributed by atoms with Crippen LogP contribution in [-0.2, 0) is 47.4 Å². The Morgan fingerprint density at radius 2 is 0.732 bits per heavy atom. The zero-order chi connectivity index (χ0) is 29.9. The van der Waals surface area contributed by atoms with Crippen LogP contribution in [0.15, 0.2) is 9.98 Å². The second-order valence-corrected chi connectivity index (χ2v) is 8.39. The topological polar surface area (TPSA) is 148 Å². The molecule has 14 heteroatoms. The first kappa shape index (κ1) is 39.4. The van der Waals surface area contributed by atoms with Crippen LogP contribution in [0.2, 0.25) is 0 Å². The van der Waals surface area contributed by atoms with Gasteiger partial charge in [0.1, 0.15) is 0 Å². The zero-order valence-electron chi connectivity index (χ0n) is 24.8. The van der Waals surface area contributed by atoms with Crippen molar-refractivity contribution in [3.8, 4) is 0 Å². The van der Waals surface area contributed by atoms with Crippen LogP contribution in [-0.4, -0.2) is 181 Å². The van der Waals surface area contributed by atoms with Gasteiger partial charge in [-0.1, -0.05) is 0 Å². The summed E-state index contributed by atoms with van der Waals surface area (Å²) in [4.78, 5) is 20.1. The highest BCUT2D eigenvalue weighted by molar-refractivity contribution is 5.66. The summed E-state index contributed by atoms with van der Waals surface area (Å²) in [6.07, 6.45) is -0.00792. The molecule has 0 saturated heterocycles. The summed E-state index contributed by atoms with van der Waals surface area (Å²) in [7, 11) is 0. The third-order valence-corrected chi connectivity index (χ3v) is 5.14. The third-order valence-electron chi connectivity index (χ3n) is 5.14. The molecular weight excluding hydrogens is 542 g/mol. The van der Waals surface area contributed by atoms with Crippen molar-refractivity contribution in [2.75, 3.05) is 152 Å². The van der Waals surface area contributed by atoms with Gasteiger partial charge in [0.05, 0.1) is 138 Å². The van der Waals surface area contributed by atoms with Crippen molar-refractivity contribution in [2.24, 2.45) is 9.98 Å². The first-order chi connectivity index (χ1) is 20.2. The van der Waals surface area contributed by atoms with E-state index in [0.717, 1.165) is 19.6 Å². The summed E-state index contributed by atoms with van der Waals surface area (Å²) in [6, 6.07) is 0. The average Bonchev–Trinajstić information content (AvgIpc) is 2.96. The normalized spacial score (nSPS) is 11.3. The Bertz CT molecular complexity index is 547. The van der Waals surface area contributed by atoms with Gasteiger partial charge in [0, 0.05) is 19.6 Å². The monoisotopic (exact) mass is 595 g/mol. The summed E-state index contributed by atoms with van der Waals surface area (Å²) in [6.45, 7) is 19.0. The van der Waals surface area contributed by atoms with Gasteiger partial charge in [-0.05, 0) is 13.4 Å². The van der Waals surface area contributed by atoms with Gasteiger partial charge in [0.2, 0.25) is 0 Å². The van der Waals surface area contributed by atoms with Crippen LogP contribution in [0.4, 0.5) is 0 Å². The fraction of sp³-hybridized carbons (Fsp3) is 0.889. The lowest BCUT2D eigenvalue weighted by molar-refractivity contribution is -0.138. The van der Waals surface area contributed by atoms with Crippen LogP contribution >= 0.6 is 0 Å². The number of rotatable bonds is 36. The number of carbonyl (C=O) groups is 1. The molecule has 0 amide bonds. The second-order valence-electron chi connectivity index (χ2n) is 8.39. The van der Waals surface area contributed by atoms with Gasteiger partial charge in [-0.2, -0.15) is 0 Å². The molecular formula is C27H53N3O11. The lowest BCUT2D eigenvalue weighted by atomic mass is 10.4. The minimum Gasteiger partial charge on any atom is -0.481 e. The maximum Gasteiger partial charge on any atom is 0.305 e. The Labute approximate surface area is 245 Å². The quantitative estimate of drug-likeness (QED) is 0.0785. The molecule has 0 bridgehead atoms. The Balaban J connectivity index is 3.92.